The zero-order chi connectivity index (χ0) is 14.9. The fraction of sp³-hybridized carbons (Fsp3) is 0.500. The van der Waals surface area contributed by atoms with Crippen molar-refractivity contribution in [2.45, 2.75) is 44.7 Å². The molecule has 0 heterocycles. The van der Waals surface area contributed by atoms with Crippen molar-refractivity contribution < 1.29 is 4.79 Å². The molecule has 1 aromatic rings. The van der Waals surface area contributed by atoms with Crippen LogP contribution in [0.3, 0.4) is 0 Å². The summed E-state index contributed by atoms with van der Waals surface area (Å²) in [5, 5.41) is 2.89. The topological polar surface area (TPSA) is 32.3 Å². The zero-order valence-corrected chi connectivity index (χ0v) is 12.8. The van der Waals surface area contributed by atoms with E-state index in [1.165, 1.54) is 37.7 Å². The van der Waals surface area contributed by atoms with Crippen LogP contribution < -0.4 is 5.32 Å². The number of rotatable bonds is 7. The molecule has 0 atom stereocenters. The van der Waals surface area contributed by atoms with E-state index in [0.29, 0.717) is 19.1 Å². The molecular weight excluding hydrogens is 260 g/mol. The monoisotopic (exact) mass is 286 g/mol. The van der Waals surface area contributed by atoms with Crippen molar-refractivity contribution in [3.63, 3.8) is 0 Å². The molecule has 114 valence electrons. The highest BCUT2D eigenvalue weighted by atomic mass is 16.2. The zero-order valence-electron chi connectivity index (χ0n) is 12.8. The molecule has 1 aliphatic carbocycles. The quantitative estimate of drug-likeness (QED) is 0.781. The Labute approximate surface area is 128 Å². The van der Waals surface area contributed by atoms with Gasteiger partial charge in [0.25, 0.3) is 0 Å². The van der Waals surface area contributed by atoms with E-state index >= 15 is 0 Å². The van der Waals surface area contributed by atoms with Crippen molar-refractivity contribution in [3.05, 3.63) is 48.6 Å². The predicted octanol–water partition coefficient (Wildman–Crippen LogP) is 3.12. The summed E-state index contributed by atoms with van der Waals surface area (Å²) in [5.74, 6) is 0.0939. The maximum Gasteiger partial charge on any atom is 0.234 e. The van der Waals surface area contributed by atoms with Crippen molar-refractivity contribution in [1.82, 2.24) is 10.2 Å². The molecule has 2 rings (SSSR count). The fourth-order valence-electron chi connectivity index (χ4n) is 3.00. The van der Waals surface area contributed by atoms with Crippen molar-refractivity contribution in [2.75, 3.05) is 13.1 Å². The van der Waals surface area contributed by atoms with Crippen LogP contribution in [0.15, 0.2) is 43.0 Å². The maximum absolute atomic E-state index is 12.0. The van der Waals surface area contributed by atoms with Crippen LogP contribution in [0.5, 0.6) is 0 Å². The molecule has 1 saturated carbocycles. The molecule has 0 saturated heterocycles. The van der Waals surface area contributed by atoms with Gasteiger partial charge in [0, 0.05) is 19.1 Å². The van der Waals surface area contributed by atoms with Crippen LogP contribution in [0, 0.1) is 0 Å². The van der Waals surface area contributed by atoms with E-state index in [1.807, 2.05) is 6.07 Å². The van der Waals surface area contributed by atoms with Crippen LogP contribution in [0.1, 0.15) is 37.7 Å². The lowest BCUT2D eigenvalue weighted by Crippen LogP contribution is -2.43. The molecule has 21 heavy (non-hydrogen) atoms. The van der Waals surface area contributed by atoms with Crippen molar-refractivity contribution >= 4 is 5.91 Å². The molecule has 0 spiro atoms. The summed E-state index contributed by atoms with van der Waals surface area (Å²) in [6, 6.07) is 11.0. The smallest absolute Gasteiger partial charge is 0.234 e. The highest BCUT2D eigenvalue weighted by Crippen LogP contribution is 2.23. The van der Waals surface area contributed by atoms with Gasteiger partial charge in [-0.25, -0.2) is 0 Å². The standard InChI is InChI=1S/C18H26N2O/c1-2-13-19-18(21)15-20(17-11-7-4-8-12-17)14-16-9-5-3-6-10-16/h2-3,5-6,9-10,17H,1,4,7-8,11-15H2,(H,19,21). The first-order valence-corrected chi connectivity index (χ1v) is 7.95. The molecule has 0 aliphatic heterocycles. The first kappa shape index (κ1) is 15.8. The van der Waals surface area contributed by atoms with Gasteiger partial charge in [0.1, 0.15) is 0 Å². The SMILES string of the molecule is C=CCNC(=O)CN(Cc1ccccc1)C1CCCCC1. The highest BCUT2D eigenvalue weighted by Gasteiger charge is 2.23. The number of carbonyl (C=O) groups excluding carboxylic acids is 1. The third-order valence-electron chi connectivity index (χ3n) is 4.11. The Morgan fingerprint density at radius 1 is 1.24 bits per heavy atom. The Morgan fingerprint density at radius 2 is 1.95 bits per heavy atom. The molecule has 1 N–H and O–H groups in total. The van der Waals surface area contributed by atoms with Gasteiger partial charge in [-0.3, -0.25) is 9.69 Å². The van der Waals surface area contributed by atoms with E-state index in [4.69, 9.17) is 0 Å². The average molecular weight is 286 g/mol. The summed E-state index contributed by atoms with van der Waals surface area (Å²) in [7, 11) is 0. The summed E-state index contributed by atoms with van der Waals surface area (Å²) < 4.78 is 0. The van der Waals surface area contributed by atoms with E-state index in [-0.39, 0.29) is 5.91 Å². The minimum absolute atomic E-state index is 0.0939. The highest BCUT2D eigenvalue weighted by molar-refractivity contribution is 5.78. The van der Waals surface area contributed by atoms with E-state index < -0.39 is 0 Å². The van der Waals surface area contributed by atoms with E-state index in [0.717, 1.165) is 6.54 Å². The number of hydrogen-bond donors (Lipinski definition) is 1. The van der Waals surface area contributed by atoms with Gasteiger partial charge < -0.3 is 5.32 Å². The third-order valence-corrected chi connectivity index (χ3v) is 4.11. The fourth-order valence-corrected chi connectivity index (χ4v) is 3.00. The van der Waals surface area contributed by atoms with Crippen LogP contribution in [0.2, 0.25) is 0 Å². The van der Waals surface area contributed by atoms with Crippen molar-refractivity contribution in [3.8, 4) is 0 Å². The van der Waals surface area contributed by atoms with Crippen molar-refractivity contribution in [2.24, 2.45) is 0 Å². The van der Waals surface area contributed by atoms with Crippen LogP contribution in [-0.4, -0.2) is 29.9 Å². The van der Waals surface area contributed by atoms with Gasteiger partial charge in [0.2, 0.25) is 5.91 Å². The van der Waals surface area contributed by atoms with E-state index in [9.17, 15) is 4.79 Å². The number of hydrogen-bond acceptors (Lipinski definition) is 2. The van der Waals surface area contributed by atoms with Gasteiger partial charge in [-0.15, -0.1) is 6.58 Å². The molecule has 1 aromatic carbocycles. The third kappa shape index (κ3) is 5.35. The predicted molar refractivity (Wildman–Crippen MR) is 86.9 cm³/mol. The first-order valence-electron chi connectivity index (χ1n) is 7.95. The van der Waals surface area contributed by atoms with Crippen LogP contribution in [0.25, 0.3) is 0 Å². The van der Waals surface area contributed by atoms with Gasteiger partial charge in [-0.2, -0.15) is 0 Å². The molecule has 1 amide bonds. The molecule has 1 aliphatic rings. The number of nitrogens with one attached hydrogen (secondary N) is 1. The van der Waals surface area contributed by atoms with Crippen LogP contribution >= 0.6 is 0 Å². The lowest BCUT2D eigenvalue weighted by Gasteiger charge is -2.34. The Balaban J connectivity index is 1.98. The van der Waals surface area contributed by atoms with Gasteiger partial charge >= 0.3 is 0 Å². The largest absolute Gasteiger partial charge is 0.352 e. The van der Waals surface area contributed by atoms with Gasteiger partial charge in [0.05, 0.1) is 6.54 Å². The normalized spacial score (nSPS) is 15.9. The van der Waals surface area contributed by atoms with E-state index in [1.54, 1.807) is 6.08 Å². The first-order chi connectivity index (χ1) is 10.3. The minimum atomic E-state index is 0.0939. The van der Waals surface area contributed by atoms with Gasteiger partial charge in [-0.1, -0.05) is 55.7 Å². The Bertz CT molecular complexity index is 438. The minimum Gasteiger partial charge on any atom is -0.352 e. The second-order valence-corrected chi connectivity index (χ2v) is 5.78. The number of nitrogens with zero attached hydrogens (tertiary/aromatic N) is 1. The molecular formula is C18H26N2O. The average Bonchev–Trinajstić information content (AvgIpc) is 2.54. The molecule has 0 bridgehead atoms. The summed E-state index contributed by atoms with van der Waals surface area (Å²) >= 11 is 0. The molecule has 0 unspecified atom stereocenters. The van der Waals surface area contributed by atoms with Crippen LogP contribution in [0.4, 0.5) is 0 Å². The lowest BCUT2D eigenvalue weighted by atomic mass is 9.94. The summed E-state index contributed by atoms with van der Waals surface area (Å²) in [6.45, 7) is 5.52. The lowest BCUT2D eigenvalue weighted by molar-refractivity contribution is -0.123. The Kier molecular flexibility index (Phi) is 6.48. The number of amides is 1. The molecule has 0 radical (unpaired) electrons. The molecule has 1 fully saturated rings. The Hall–Kier alpha value is -1.61. The second kappa shape index (κ2) is 8.63. The Morgan fingerprint density at radius 3 is 2.62 bits per heavy atom. The number of carbonyl (C=O) groups is 1. The maximum atomic E-state index is 12.0. The summed E-state index contributed by atoms with van der Waals surface area (Å²) in [6.07, 6.45) is 8.04. The second-order valence-electron chi connectivity index (χ2n) is 5.78. The summed E-state index contributed by atoms with van der Waals surface area (Å²) in [5.41, 5.74) is 1.28. The molecule has 0 aromatic heterocycles. The van der Waals surface area contributed by atoms with Crippen LogP contribution in [-0.2, 0) is 11.3 Å². The van der Waals surface area contributed by atoms with E-state index in [2.05, 4.69) is 41.1 Å². The summed E-state index contributed by atoms with van der Waals surface area (Å²) in [4.78, 5) is 14.4. The van der Waals surface area contributed by atoms with Crippen molar-refractivity contribution in [1.29, 1.82) is 0 Å². The van der Waals surface area contributed by atoms with Gasteiger partial charge in [-0.05, 0) is 18.4 Å². The number of benzene rings is 1. The molecule has 3 heteroatoms. The molecule has 3 nitrogen and oxygen atoms in total. The van der Waals surface area contributed by atoms with Gasteiger partial charge in [0.15, 0.2) is 0 Å².